The molecule has 1 heterocycles. The third-order valence-electron chi connectivity index (χ3n) is 3.41. The first kappa shape index (κ1) is 12.1. The molecule has 0 radical (unpaired) electrons. The molecule has 2 rings (SSSR count). The van der Waals surface area contributed by atoms with Crippen molar-refractivity contribution in [3.63, 3.8) is 0 Å². The van der Waals surface area contributed by atoms with E-state index in [9.17, 15) is 4.79 Å². The minimum Gasteiger partial charge on any atom is -0.461 e. The minimum atomic E-state index is -0.243. The summed E-state index contributed by atoms with van der Waals surface area (Å²) in [7, 11) is 0. The highest BCUT2D eigenvalue weighted by Crippen LogP contribution is 2.29. The van der Waals surface area contributed by atoms with Gasteiger partial charge in [0.05, 0.1) is 18.6 Å². The topological polar surface area (TPSA) is 44.1 Å². The molecule has 1 aromatic heterocycles. The van der Waals surface area contributed by atoms with E-state index in [1.54, 1.807) is 6.33 Å². The normalized spacial score (nSPS) is 17.1. The molecule has 0 unspecified atom stereocenters. The van der Waals surface area contributed by atoms with Crippen LogP contribution in [0.2, 0.25) is 0 Å². The van der Waals surface area contributed by atoms with Crippen molar-refractivity contribution in [1.29, 1.82) is 0 Å². The van der Waals surface area contributed by atoms with E-state index in [4.69, 9.17) is 4.74 Å². The quantitative estimate of drug-likeness (QED) is 0.758. The molecule has 1 aliphatic rings. The fourth-order valence-corrected chi connectivity index (χ4v) is 2.54. The highest BCUT2D eigenvalue weighted by atomic mass is 16.5. The van der Waals surface area contributed by atoms with Crippen molar-refractivity contribution < 1.29 is 9.53 Å². The van der Waals surface area contributed by atoms with E-state index in [1.165, 1.54) is 19.3 Å². The zero-order valence-electron chi connectivity index (χ0n) is 10.6. The van der Waals surface area contributed by atoms with Gasteiger partial charge in [0.25, 0.3) is 0 Å². The van der Waals surface area contributed by atoms with Crippen LogP contribution in [0, 0.1) is 6.92 Å². The van der Waals surface area contributed by atoms with Gasteiger partial charge in [-0.25, -0.2) is 9.78 Å². The lowest BCUT2D eigenvalue weighted by molar-refractivity contribution is 0.0508. The van der Waals surface area contributed by atoms with Crippen LogP contribution in [0.3, 0.4) is 0 Å². The summed E-state index contributed by atoms with van der Waals surface area (Å²) in [6, 6.07) is 0.421. The molecule has 0 N–H and O–H groups in total. The Balaban J connectivity index is 2.24. The number of rotatable bonds is 3. The molecular weight excluding hydrogens is 216 g/mol. The average molecular weight is 236 g/mol. The van der Waals surface area contributed by atoms with Crippen LogP contribution in [-0.2, 0) is 4.74 Å². The van der Waals surface area contributed by atoms with Crippen LogP contribution in [0.1, 0.15) is 61.3 Å². The maximum Gasteiger partial charge on any atom is 0.356 e. The SMILES string of the molecule is CCOC(=O)c1c(C)ncn1C1CCCCC1. The van der Waals surface area contributed by atoms with Gasteiger partial charge in [0.1, 0.15) is 0 Å². The molecule has 0 aromatic carbocycles. The van der Waals surface area contributed by atoms with E-state index >= 15 is 0 Å². The molecule has 4 nitrogen and oxygen atoms in total. The van der Waals surface area contributed by atoms with Crippen LogP contribution in [0.4, 0.5) is 0 Å². The molecule has 0 saturated heterocycles. The van der Waals surface area contributed by atoms with Gasteiger partial charge in [0, 0.05) is 6.04 Å². The smallest absolute Gasteiger partial charge is 0.356 e. The van der Waals surface area contributed by atoms with E-state index < -0.39 is 0 Å². The maximum atomic E-state index is 11.9. The van der Waals surface area contributed by atoms with Crippen LogP contribution >= 0.6 is 0 Å². The molecule has 0 aliphatic heterocycles. The Morgan fingerprint density at radius 1 is 1.47 bits per heavy atom. The minimum absolute atomic E-state index is 0.243. The van der Waals surface area contributed by atoms with Crippen molar-refractivity contribution >= 4 is 5.97 Å². The van der Waals surface area contributed by atoms with Gasteiger partial charge < -0.3 is 9.30 Å². The monoisotopic (exact) mass is 236 g/mol. The summed E-state index contributed by atoms with van der Waals surface area (Å²) in [6.45, 7) is 4.11. The van der Waals surface area contributed by atoms with Gasteiger partial charge in [-0.15, -0.1) is 0 Å². The van der Waals surface area contributed by atoms with Crippen molar-refractivity contribution in [2.24, 2.45) is 0 Å². The fourth-order valence-electron chi connectivity index (χ4n) is 2.54. The van der Waals surface area contributed by atoms with E-state index in [1.807, 2.05) is 18.4 Å². The molecule has 4 heteroatoms. The van der Waals surface area contributed by atoms with Gasteiger partial charge in [-0.2, -0.15) is 0 Å². The number of imidazole rings is 1. The second-order valence-corrected chi connectivity index (χ2v) is 4.60. The summed E-state index contributed by atoms with van der Waals surface area (Å²) in [5, 5.41) is 0. The standard InChI is InChI=1S/C13H20N2O2/c1-3-17-13(16)12-10(2)14-9-15(12)11-7-5-4-6-8-11/h9,11H,3-8H2,1-2H3. The molecule has 1 aromatic rings. The summed E-state index contributed by atoms with van der Waals surface area (Å²) in [6.07, 6.45) is 7.86. The highest BCUT2D eigenvalue weighted by Gasteiger charge is 2.23. The zero-order valence-corrected chi connectivity index (χ0v) is 10.6. The number of aromatic nitrogens is 2. The number of aryl methyl sites for hydroxylation is 1. The summed E-state index contributed by atoms with van der Waals surface area (Å²) in [5.74, 6) is -0.243. The molecule has 1 aliphatic carbocycles. The lowest BCUT2D eigenvalue weighted by atomic mass is 9.95. The van der Waals surface area contributed by atoms with Crippen molar-refractivity contribution in [2.75, 3.05) is 6.61 Å². The Kier molecular flexibility index (Phi) is 3.82. The molecule has 17 heavy (non-hydrogen) atoms. The molecule has 0 bridgehead atoms. The van der Waals surface area contributed by atoms with E-state index in [2.05, 4.69) is 4.98 Å². The third kappa shape index (κ3) is 2.51. The first-order valence-electron chi connectivity index (χ1n) is 6.44. The molecule has 0 amide bonds. The number of esters is 1. The molecule has 0 atom stereocenters. The zero-order chi connectivity index (χ0) is 12.3. The van der Waals surface area contributed by atoms with Gasteiger partial charge >= 0.3 is 5.97 Å². The predicted molar refractivity (Wildman–Crippen MR) is 65.0 cm³/mol. The Labute approximate surface area is 102 Å². The Morgan fingerprint density at radius 2 is 2.18 bits per heavy atom. The first-order chi connectivity index (χ1) is 8.24. The first-order valence-corrected chi connectivity index (χ1v) is 6.44. The highest BCUT2D eigenvalue weighted by molar-refractivity contribution is 5.88. The number of carbonyl (C=O) groups excluding carboxylic acids is 1. The Hall–Kier alpha value is -1.32. The third-order valence-corrected chi connectivity index (χ3v) is 3.41. The van der Waals surface area contributed by atoms with E-state index in [0.29, 0.717) is 18.3 Å². The summed E-state index contributed by atoms with van der Waals surface area (Å²) < 4.78 is 7.12. The van der Waals surface area contributed by atoms with Crippen LogP contribution in [-0.4, -0.2) is 22.1 Å². The molecule has 0 spiro atoms. The predicted octanol–water partition coefficient (Wildman–Crippen LogP) is 2.87. The van der Waals surface area contributed by atoms with Crippen LogP contribution < -0.4 is 0 Å². The largest absolute Gasteiger partial charge is 0.461 e. The lowest BCUT2D eigenvalue weighted by Crippen LogP contribution is -2.19. The molecular formula is C13H20N2O2. The second-order valence-electron chi connectivity index (χ2n) is 4.60. The van der Waals surface area contributed by atoms with E-state index in [0.717, 1.165) is 18.5 Å². The number of hydrogen-bond donors (Lipinski definition) is 0. The maximum absolute atomic E-state index is 11.9. The van der Waals surface area contributed by atoms with Gasteiger partial charge in [0.2, 0.25) is 0 Å². The van der Waals surface area contributed by atoms with Crippen molar-refractivity contribution in [2.45, 2.75) is 52.0 Å². The number of ether oxygens (including phenoxy) is 1. The number of carbonyl (C=O) groups is 1. The van der Waals surface area contributed by atoms with Gasteiger partial charge in [0.15, 0.2) is 5.69 Å². The fraction of sp³-hybridized carbons (Fsp3) is 0.692. The Morgan fingerprint density at radius 3 is 2.82 bits per heavy atom. The second kappa shape index (κ2) is 5.34. The summed E-state index contributed by atoms with van der Waals surface area (Å²) in [5.41, 5.74) is 1.41. The van der Waals surface area contributed by atoms with Crippen molar-refractivity contribution in [3.05, 3.63) is 17.7 Å². The Bertz CT molecular complexity index is 392. The van der Waals surface area contributed by atoms with Gasteiger partial charge in [-0.1, -0.05) is 19.3 Å². The molecule has 1 saturated carbocycles. The van der Waals surface area contributed by atoms with Crippen LogP contribution in [0.5, 0.6) is 0 Å². The number of nitrogens with zero attached hydrogens (tertiary/aromatic N) is 2. The van der Waals surface area contributed by atoms with Crippen LogP contribution in [0.25, 0.3) is 0 Å². The van der Waals surface area contributed by atoms with Gasteiger partial charge in [-0.05, 0) is 26.7 Å². The summed E-state index contributed by atoms with van der Waals surface area (Å²) in [4.78, 5) is 16.2. The van der Waals surface area contributed by atoms with Crippen LogP contribution in [0.15, 0.2) is 6.33 Å². The van der Waals surface area contributed by atoms with E-state index in [-0.39, 0.29) is 5.97 Å². The van der Waals surface area contributed by atoms with Crippen molar-refractivity contribution in [3.8, 4) is 0 Å². The molecule has 94 valence electrons. The summed E-state index contributed by atoms with van der Waals surface area (Å²) >= 11 is 0. The average Bonchev–Trinajstić information content (AvgIpc) is 2.73. The van der Waals surface area contributed by atoms with Crippen molar-refractivity contribution in [1.82, 2.24) is 9.55 Å². The lowest BCUT2D eigenvalue weighted by Gasteiger charge is -2.24. The molecule has 1 fully saturated rings. The number of hydrogen-bond acceptors (Lipinski definition) is 3. The van der Waals surface area contributed by atoms with Gasteiger partial charge in [-0.3, -0.25) is 0 Å².